The SMILES string of the molecule is O=C1C(=Cc2cc3sc4c5sc6cc(C=C7C(=O)c8cc9cc%10ccccc%10cc9cc8C7=O)n(C(=O)OCc7ccccc7)c6c5n(C(=O)OCc5ccccc5)c4c3n2C(=O)OCc2ccccc2)C(=O)c2cc3cc4ccccc4cc3cc21. The van der Waals surface area contributed by atoms with Gasteiger partial charge in [-0.1, -0.05) is 140 Å². The minimum Gasteiger partial charge on any atom is -0.444 e. The molecule has 0 atom stereocenters. The summed E-state index contributed by atoms with van der Waals surface area (Å²) in [5.41, 5.74) is 3.75. The molecule has 15 heteroatoms. The Balaban J connectivity index is 0.901. The standard InChI is InChI=1S/C72H41N3O10S2/c76-64-52-28-46-24-42-20-10-11-21-43(42)25-47(46)29-53(52)65(77)56(64)32-50-34-58-60(73(50)70(80)83-36-39-14-4-1-5-15-39)62-68(86-58)69-63(75(62)72(82)85-38-41-18-8-3-9-19-41)61-59(87-69)35-51(74(61)71(81)84-37-40-16-6-2-7-17-40)33-57-66(78)54-30-48-26-44-22-12-13-23-45(44)27-49(48)31-55(54)67(57)79/h1-35H,36-38H2. The Labute approximate surface area is 500 Å². The zero-order valence-corrected chi connectivity index (χ0v) is 47.2. The number of rotatable bonds is 8. The predicted octanol–water partition coefficient (Wildman–Crippen LogP) is 16.9. The number of carbonyl (C=O) groups is 7. The fraction of sp³-hybridized carbons (Fsp3) is 0.0417. The second-order valence-electron chi connectivity index (χ2n) is 21.6. The first kappa shape index (κ1) is 51.5. The number of hydrogen-bond donors (Lipinski definition) is 0. The first-order chi connectivity index (χ1) is 42.5. The van der Waals surface area contributed by atoms with Crippen molar-refractivity contribution in [3.8, 4) is 0 Å². The van der Waals surface area contributed by atoms with E-state index >= 15 is 14.4 Å². The number of nitrogens with zero attached hydrogens (tertiary/aromatic N) is 3. The van der Waals surface area contributed by atoms with E-state index in [4.69, 9.17) is 14.2 Å². The number of aromatic nitrogens is 3. The van der Waals surface area contributed by atoms with Crippen LogP contribution in [0.1, 0.15) is 69.5 Å². The highest BCUT2D eigenvalue weighted by atomic mass is 32.1. The molecular weight excluding hydrogens is 1130 g/mol. The zero-order valence-electron chi connectivity index (χ0n) is 45.6. The van der Waals surface area contributed by atoms with Gasteiger partial charge in [-0.05, 0) is 133 Å². The van der Waals surface area contributed by atoms with Crippen molar-refractivity contribution in [2.45, 2.75) is 19.8 Å². The van der Waals surface area contributed by atoms with Gasteiger partial charge in [-0.25, -0.2) is 28.1 Å². The van der Waals surface area contributed by atoms with E-state index in [2.05, 4.69) is 0 Å². The topological polar surface area (TPSA) is 162 Å². The first-order valence-electron chi connectivity index (χ1n) is 27.9. The summed E-state index contributed by atoms with van der Waals surface area (Å²) in [4.78, 5) is 104. The smallest absolute Gasteiger partial charge is 0.419 e. The van der Waals surface area contributed by atoms with E-state index in [0.717, 1.165) is 43.1 Å². The third-order valence-corrected chi connectivity index (χ3v) is 18.7. The van der Waals surface area contributed by atoms with E-state index < -0.39 is 41.4 Å². The summed E-state index contributed by atoms with van der Waals surface area (Å²) in [7, 11) is 0. The van der Waals surface area contributed by atoms with E-state index in [1.807, 2.05) is 164 Å². The third-order valence-electron chi connectivity index (χ3n) is 16.3. The molecule has 13 nitrogen and oxygen atoms in total. The van der Waals surface area contributed by atoms with E-state index in [1.165, 1.54) is 48.5 Å². The molecule has 0 saturated heterocycles. The van der Waals surface area contributed by atoms with Gasteiger partial charge in [0.25, 0.3) is 0 Å². The Hall–Kier alpha value is -11.1. The van der Waals surface area contributed by atoms with Crippen LogP contribution in [0, 0.1) is 0 Å². The van der Waals surface area contributed by atoms with Crippen LogP contribution in [-0.2, 0) is 34.0 Å². The lowest BCUT2D eigenvalue weighted by Gasteiger charge is -2.12. The summed E-state index contributed by atoms with van der Waals surface area (Å²) < 4.78 is 24.3. The molecule has 0 unspecified atom stereocenters. The molecule has 9 aromatic carbocycles. The second kappa shape index (κ2) is 20.0. The van der Waals surface area contributed by atoms with Gasteiger partial charge < -0.3 is 14.2 Å². The number of carbonyl (C=O) groups excluding carboxylic acids is 7. The predicted molar refractivity (Wildman–Crippen MR) is 338 cm³/mol. The molecule has 0 bridgehead atoms. The maximum Gasteiger partial charge on any atom is 0.419 e. The van der Waals surface area contributed by atoms with Crippen LogP contribution in [0.4, 0.5) is 14.4 Å². The number of thiophene rings is 2. The van der Waals surface area contributed by atoms with Gasteiger partial charge in [0, 0.05) is 22.3 Å². The van der Waals surface area contributed by atoms with Gasteiger partial charge in [0.15, 0.2) is 23.1 Å². The van der Waals surface area contributed by atoms with Crippen LogP contribution in [0.3, 0.4) is 0 Å². The zero-order chi connectivity index (χ0) is 58.8. The molecule has 2 aliphatic carbocycles. The minimum atomic E-state index is -0.874. The van der Waals surface area contributed by atoms with Crippen LogP contribution in [-0.4, -0.2) is 55.1 Å². The molecule has 416 valence electrons. The van der Waals surface area contributed by atoms with Gasteiger partial charge >= 0.3 is 18.3 Å². The Morgan fingerprint density at radius 1 is 0.333 bits per heavy atom. The van der Waals surface area contributed by atoms with E-state index in [0.29, 0.717) is 35.5 Å². The normalized spacial score (nSPS) is 13.1. The molecule has 0 saturated carbocycles. The summed E-state index contributed by atoms with van der Waals surface area (Å²) in [6, 6.07) is 61.2. The fourth-order valence-electron chi connectivity index (χ4n) is 12.2. The number of benzene rings is 9. The molecule has 87 heavy (non-hydrogen) atoms. The number of ether oxygens (including phenoxy) is 3. The lowest BCUT2D eigenvalue weighted by atomic mass is 9.99. The Kier molecular flexibility index (Phi) is 11.8. The largest absolute Gasteiger partial charge is 0.444 e. The maximum atomic E-state index is 15.4. The highest BCUT2D eigenvalue weighted by Crippen LogP contribution is 2.50. The van der Waals surface area contributed by atoms with Crippen molar-refractivity contribution in [2.75, 3.05) is 0 Å². The molecule has 0 N–H and O–H groups in total. The van der Waals surface area contributed by atoms with E-state index in [9.17, 15) is 19.2 Å². The van der Waals surface area contributed by atoms with E-state index in [-0.39, 0.29) is 86.7 Å². The molecule has 16 rings (SSSR count). The molecule has 0 radical (unpaired) electrons. The van der Waals surface area contributed by atoms with Crippen molar-refractivity contribution in [3.05, 3.63) is 262 Å². The minimum absolute atomic E-state index is 0.129. The van der Waals surface area contributed by atoms with Crippen molar-refractivity contribution in [1.29, 1.82) is 0 Å². The maximum absolute atomic E-state index is 15.4. The van der Waals surface area contributed by atoms with Gasteiger partial charge in [0.2, 0.25) is 0 Å². The number of fused-ring (bicyclic) bond motifs is 13. The van der Waals surface area contributed by atoms with Crippen LogP contribution in [0.15, 0.2) is 211 Å². The number of allylic oxidation sites excluding steroid dienone is 2. The first-order valence-corrected chi connectivity index (χ1v) is 29.5. The molecule has 0 aliphatic heterocycles. The summed E-state index contributed by atoms with van der Waals surface area (Å²) in [6.07, 6.45) is 0.182. The Bertz CT molecular complexity index is 5020. The molecule has 0 fully saturated rings. The van der Waals surface area contributed by atoms with Crippen molar-refractivity contribution in [3.63, 3.8) is 0 Å². The fourth-order valence-corrected chi connectivity index (χ4v) is 14.8. The lowest BCUT2D eigenvalue weighted by molar-refractivity contribution is 0.0975. The number of Topliss-reactive ketones (excluding diaryl/α,β-unsaturated/α-hetero) is 4. The van der Waals surface area contributed by atoms with Gasteiger partial charge in [-0.2, -0.15) is 0 Å². The summed E-state index contributed by atoms with van der Waals surface area (Å²) in [5, 5.41) is 7.05. The Morgan fingerprint density at radius 2 is 0.621 bits per heavy atom. The quantitative estimate of drug-likeness (QED) is 0.0619. The molecule has 5 aromatic heterocycles. The average molecular weight is 1170 g/mol. The van der Waals surface area contributed by atoms with Crippen molar-refractivity contribution >= 4 is 160 Å². The van der Waals surface area contributed by atoms with Crippen molar-refractivity contribution in [1.82, 2.24) is 13.7 Å². The summed E-state index contributed by atoms with van der Waals surface area (Å²) >= 11 is 2.51. The number of ketones is 4. The highest BCUT2D eigenvalue weighted by Gasteiger charge is 2.38. The van der Waals surface area contributed by atoms with Gasteiger partial charge in [0.1, 0.15) is 19.8 Å². The molecular formula is C72H41N3O10S2. The molecule has 14 aromatic rings. The summed E-state index contributed by atoms with van der Waals surface area (Å²) in [5.74, 6) is -2.07. The summed E-state index contributed by atoms with van der Waals surface area (Å²) in [6.45, 7) is -0.464. The van der Waals surface area contributed by atoms with Gasteiger partial charge in [-0.3, -0.25) is 19.2 Å². The Morgan fingerprint density at radius 3 is 0.931 bits per heavy atom. The third kappa shape index (κ3) is 8.38. The second-order valence-corrected chi connectivity index (χ2v) is 23.7. The van der Waals surface area contributed by atoms with Crippen LogP contribution in [0.2, 0.25) is 0 Å². The molecule has 0 amide bonds. The highest BCUT2D eigenvalue weighted by molar-refractivity contribution is 7.33. The van der Waals surface area contributed by atoms with Crippen LogP contribution >= 0.6 is 22.7 Å². The molecule has 2 aliphatic rings. The molecule has 0 spiro atoms. The van der Waals surface area contributed by atoms with Gasteiger partial charge in [-0.15, -0.1) is 22.7 Å². The monoisotopic (exact) mass is 1170 g/mol. The van der Waals surface area contributed by atoms with E-state index in [1.54, 1.807) is 36.4 Å². The van der Waals surface area contributed by atoms with Gasteiger partial charge in [0.05, 0.1) is 63.4 Å². The molecule has 5 heterocycles. The van der Waals surface area contributed by atoms with Crippen LogP contribution < -0.4 is 0 Å². The van der Waals surface area contributed by atoms with Crippen LogP contribution in [0.5, 0.6) is 0 Å². The number of hydrogen-bond acceptors (Lipinski definition) is 12. The average Bonchev–Trinajstić information content (AvgIpc) is 1.65. The van der Waals surface area contributed by atoms with Crippen molar-refractivity contribution in [2.24, 2.45) is 0 Å². The van der Waals surface area contributed by atoms with Crippen LogP contribution in [0.25, 0.3) is 96.1 Å². The lowest BCUT2D eigenvalue weighted by Crippen LogP contribution is -2.18. The van der Waals surface area contributed by atoms with Crippen molar-refractivity contribution < 1.29 is 47.8 Å².